The highest BCUT2D eigenvalue weighted by atomic mass is 16.3. The Kier molecular flexibility index (Phi) is 3.45. The Morgan fingerprint density at radius 1 is 1.36 bits per heavy atom. The van der Waals surface area contributed by atoms with Crippen LogP contribution in [0.2, 0.25) is 0 Å². The quantitative estimate of drug-likeness (QED) is 0.726. The van der Waals surface area contributed by atoms with Gasteiger partial charge in [0.05, 0.1) is 5.56 Å². The van der Waals surface area contributed by atoms with Gasteiger partial charge in [-0.2, -0.15) is 0 Å². The first-order chi connectivity index (χ1) is 12.0. The van der Waals surface area contributed by atoms with Gasteiger partial charge in [0.25, 0.3) is 11.5 Å². The summed E-state index contributed by atoms with van der Waals surface area (Å²) in [4.78, 5) is 29.3. The van der Waals surface area contributed by atoms with Crippen LogP contribution >= 0.6 is 0 Å². The van der Waals surface area contributed by atoms with Gasteiger partial charge in [0.2, 0.25) is 5.71 Å². The van der Waals surface area contributed by atoms with Crippen LogP contribution in [0.15, 0.2) is 15.5 Å². The fourth-order valence-electron chi connectivity index (χ4n) is 3.30. The molecule has 1 atom stereocenters. The van der Waals surface area contributed by atoms with Crippen molar-refractivity contribution in [3.8, 4) is 0 Å². The van der Waals surface area contributed by atoms with Crippen molar-refractivity contribution in [3.05, 3.63) is 39.7 Å². The highest BCUT2D eigenvalue weighted by molar-refractivity contribution is 6.06. The normalized spacial score (nSPS) is 16.8. The second-order valence-electron chi connectivity index (χ2n) is 6.36. The molecule has 0 unspecified atom stereocenters. The van der Waals surface area contributed by atoms with E-state index in [2.05, 4.69) is 20.5 Å². The fourth-order valence-corrected chi connectivity index (χ4v) is 3.30. The molecule has 130 valence electrons. The van der Waals surface area contributed by atoms with E-state index in [0.717, 1.165) is 24.5 Å². The summed E-state index contributed by atoms with van der Waals surface area (Å²) in [7, 11) is 1.59. The van der Waals surface area contributed by atoms with Crippen molar-refractivity contribution in [2.75, 3.05) is 0 Å². The molecule has 9 heteroatoms. The lowest BCUT2D eigenvalue weighted by molar-refractivity contribution is 0.0927. The number of aryl methyl sites for hydroxylation is 4. The molecule has 1 N–H and O–H groups in total. The molecule has 4 rings (SSSR count). The molecule has 0 saturated carbocycles. The zero-order chi connectivity index (χ0) is 17.7. The summed E-state index contributed by atoms with van der Waals surface area (Å²) < 4.78 is 8.84. The van der Waals surface area contributed by atoms with E-state index in [4.69, 9.17) is 4.42 Å². The monoisotopic (exact) mass is 342 g/mol. The summed E-state index contributed by atoms with van der Waals surface area (Å²) in [5.74, 6) is 1.84. The molecule has 1 aliphatic heterocycles. The van der Waals surface area contributed by atoms with E-state index >= 15 is 0 Å². The maximum Gasteiger partial charge on any atom is 0.265 e. The summed E-state index contributed by atoms with van der Waals surface area (Å²) in [6, 6.07) is -0.0560. The average Bonchev–Trinajstić information content (AvgIpc) is 3.11. The molecule has 0 bridgehead atoms. The van der Waals surface area contributed by atoms with Crippen molar-refractivity contribution in [2.24, 2.45) is 7.05 Å². The zero-order valence-electron chi connectivity index (χ0n) is 14.2. The standard InChI is InChI=1S/C16H18N6O3/c1-8-12(13-15(25-8)17-7-21(3)16(13)24)14(23)18-10-4-5-11-20-19-9(2)22(11)6-10/h7,10H,4-6H2,1-3H3,(H,18,23)/t10-/m1/s1. The first kappa shape index (κ1) is 15.6. The van der Waals surface area contributed by atoms with Crippen molar-refractivity contribution < 1.29 is 9.21 Å². The third kappa shape index (κ3) is 2.43. The molecule has 3 aromatic heterocycles. The van der Waals surface area contributed by atoms with Gasteiger partial charge < -0.3 is 18.9 Å². The first-order valence-electron chi connectivity index (χ1n) is 8.10. The van der Waals surface area contributed by atoms with Gasteiger partial charge in [-0.15, -0.1) is 10.2 Å². The Morgan fingerprint density at radius 2 is 2.16 bits per heavy atom. The van der Waals surface area contributed by atoms with Crippen LogP contribution in [0.1, 0.15) is 34.2 Å². The lowest BCUT2D eigenvalue weighted by atomic mass is 10.1. The molecule has 0 fully saturated rings. The lowest BCUT2D eigenvalue weighted by Crippen LogP contribution is -2.41. The van der Waals surface area contributed by atoms with Gasteiger partial charge >= 0.3 is 0 Å². The Hall–Kier alpha value is -2.97. The molecule has 9 nitrogen and oxygen atoms in total. The van der Waals surface area contributed by atoms with Crippen molar-refractivity contribution in [1.29, 1.82) is 0 Å². The third-order valence-electron chi connectivity index (χ3n) is 4.64. The number of fused-ring (bicyclic) bond motifs is 2. The SMILES string of the molecule is Cc1oc2ncn(C)c(=O)c2c1C(=O)N[C@@H]1CCc2nnc(C)n2C1. The van der Waals surface area contributed by atoms with Crippen LogP contribution in [0.3, 0.4) is 0 Å². The molecule has 0 aliphatic carbocycles. The van der Waals surface area contributed by atoms with Crippen molar-refractivity contribution >= 4 is 17.0 Å². The van der Waals surface area contributed by atoms with Gasteiger partial charge in [0.15, 0.2) is 0 Å². The van der Waals surface area contributed by atoms with Gasteiger partial charge in [0.1, 0.15) is 29.1 Å². The van der Waals surface area contributed by atoms with Crippen molar-refractivity contribution in [3.63, 3.8) is 0 Å². The van der Waals surface area contributed by atoms with Crippen molar-refractivity contribution in [1.82, 2.24) is 29.6 Å². The van der Waals surface area contributed by atoms with E-state index < -0.39 is 0 Å². The Labute approximate surface area is 142 Å². The van der Waals surface area contributed by atoms with Crippen LogP contribution in [0, 0.1) is 13.8 Å². The minimum Gasteiger partial charge on any atom is -0.442 e. The number of carbonyl (C=O) groups is 1. The predicted octanol–water partition coefficient (Wildman–Crippen LogP) is 0.480. The molecule has 3 aromatic rings. The maximum atomic E-state index is 12.8. The van der Waals surface area contributed by atoms with Gasteiger partial charge in [-0.25, -0.2) is 4.98 Å². The molecular formula is C16H18N6O3. The minimum atomic E-state index is -0.319. The van der Waals surface area contributed by atoms with E-state index in [1.807, 2.05) is 11.5 Å². The second kappa shape index (κ2) is 5.54. The number of hydrogen-bond acceptors (Lipinski definition) is 6. The molecule has 1 aliphatic rings. The molecule has 0 saturated heterocycles. The fraction of sp³-hybridized carbons (Fsp3) is 0.438. The smallest absolute Gasteiger partial charge is 0.265 e. The van der Waals surface area contributed by atoms with Crippen LogP contribution in [-0.4, -0.2) is 36.3 Å². The second-order valence-corrected chi connectivity index (χ2v) is 6.36. The Balaban J connectivity index is 1.65. The predicted molar refractivity (Wildman–Crippen MR) is 88.3 cm³/mol. The van der Waals surface area contributed by atoms with E-state index in [-0.39, 0.29) is 34.2 Å². The molecule has 0 spiro atoms. The summed E-state index contributed by atoms with van der Waals surface area (Å²) in [5, 5.41) is 11.4. The number of nitrogens with zero attached hydrogens (tertiary/aromatic N) is 5. The summed E-state index contributed by atoms with van der Waals surface area (Å²) in [5.41, 5.74) is 0.147. The Morgan fingerprint density at radius 3 is 2.96 bits per heavy atom. The molecule has 1 amide bonds. The molecule has 25 heavy (non-hydrogen) atoms. The van der Waals surface area contributed by atoms with E-state index in [9.17, 15) is 9.59 Å². The summed E-state index contributed by atoms with van der Waals surface area (Å²) >= 11 is 0. The highest BCUT2D eigenvalue weighted by Gasteiger charge is 2.27. The molecule has 4 heterocycles. The molecular weight excluding hydrogens is 324 g/mol. The minimum absolute atomic E-state index is 0.0560. The van der Waals surface area contributed by atoms with Crippen LogP contribution < -0.4 is 10.9 Å². The average molecular weight is 342 g/mol. The van der Waals surface area contributed by atoms with Crippen LogP contribution in [0.4, 0.5) is 0 Å². The van der Waals surface area contributed by atoms with Gasteiger partial charge in [-0.3, -0.25) is 9.59 Å². The van der Waals surface area contributed by atoms with Gasteiger partial charge in [-0.05, 0) is 20.3 Å². The maximum absolute atomic E-state index is 12.8. The largest absolute Gasteiger partial charge is 0.442 e. The number of nitrogens with one attached hydrogen (secondary N) is 1. The van der Waals surface area contributed by atoms with Crippen LogP contribution in [0.25, 0.3) is 11.1 Å². The summed E-state index contributed by atoms with van der Waals surface area (Å²) in [6.07, 6.45) is 2.90. The summed E-state index contributed by atoms with van der Waals surface area (Å²) in [6.45, 7) is 4.17. The first-order valence-corrected chi connectivity index (χ1v) is 8.10. The number of furan rings is 1. The number of rotatable bonds is 2. The number of amides is 1. The van der Waals surface area contributed by atoms with Crippen LogP contribution in [-0.2, 0) is 20.0 Å². The van der Waals surface area contributed by atoms with E-state index in [1.165, 1.54) is 10.9 Å². The van der Waals surface area contributed by atoms with Crippen molar-refractivity contribution in [2.45, 2.75) is 39.3 Å². The highest BCUT2D eigenvalue weighted by Crippen LogP contribution is 2.22. The van der Waals surface area contributed by atoms with E-state index in [1.54, 1.807) is 14.0 Å². The third-order valence-corrected chi connectivity index (χ3v) is 4.64. The zero-order valence-corrected chi connectivity index (χ0v) is 14.2. The lowest BCUT2D eigenvalue weighted by Gasteiger charge is -2.24. The van der Waals surface area contributed by atoms with Gasteiger partial charge in [0, 0.05) is 26.1 Å². The van der Waals surface area contributed by atoms with Gasteiger partial charge in [-0.1, -0.05) is 0 Å². The van der Waals surface area contributed by atoms with E-state index in [0.29, 0.717) is 12.3 Å². The van der Waals surface area contributed by atoms with Crippen LogP contribution in [0.5, 0.6) is 0 Å². The Bertz CT molecular complexity index is 1040. The number of aromatic nitrogens is 5. The molecule has 0 aromatic carbocycles. The topological polar surface area (TPSA) is 108 Å². The number of carbonyl (C=O) groups excluding carboxylic acids is 1. The number of hydrogen-bond donors (Lipinski definition) is 1. The molecule has 0 radical (unpaired) electrons.